The molecule has 5 atom stereocenters. The van der Waals surface area contributed by atoms with Crippen molar-refractivity contribution in [3.63, 3.8) is 0 Å². The average molecular weight is 522 g/mol. The van der Waals surface area contributed by atoms with Crippen molar-refractivity contribution in [3.8, 4) is 0 Å². The molecule has 2 rings (SSSR count). The molecular formula is C23H43N3O10. The molecule has 1 aromatic heterocycles. The lowest BCUT2D eigenvalue weighted by atomic mass is 10.0. The third-order valence-electron chi connectivity index (χ3n) is 5.55. The SMILES string of the molecule is CC1OC(OCCCCCCOCc2cn(CCOCCOCCOCCO)nn2)C(O)C(O)C1O. The van der Waals surface area contributed by atoms with Crippen molar-refractivity contribution in [2.45, 2.75) is 76.5 Å². The van der Waals surface area contributed by atoms with E-state index in [1.807, 2.05) is 6.20 Å². The van der Waals surface area contributed by atoms with E-state index in [2.05, 4.69) is 10.3 Å². The predicted molar refractivity (Wildman–Crippen MR) is 126 cm³/mol. The molecule has 13 nitrogen and oxygen atoms in total. The van der Waals surface area contributed by atoms with Gasteiger partial charge in [0.1, 0.15) is 24.0 Å². The Hall–Kier alpha value is -1.26. The summed E-state index contributed by atoms with van der Waals surface area (Å²) in [5.74, 6) is 0. The number of aromatic nitrogens is 3. The zero-order chi connectivity index (χ0) is 26.0. The Labute approximate surface area is 212 Å². The van der Waals surface area contributed by atoms with Crippen LogP contribution < -0.4 is 0 Å². The first kappa shape index (κ1) is 31.0. The number of nitrogens with zero attached hydrogens (tertiary/aromatic N) is 3. The molecule has 4 N–H and O–H groups in total. The first-order chi connectivity index (χ1) is 17.5. The van der Waals surface area contributed by atoms with Gasteiger partial charge in [-0.25, -0.2) is 4.68 Å². The highest BCUT2D eigenvalue weighted by molar-refractivity contribution is 4.89. The molecule has 5 unspecified atom stereocenters. The van der Waals surface area contributed by atoms with Crippen LogP contribution >= 0.6 is 0 Å². The van der Waals surface area contributed by atoms with Crippen LogP contribution in [0.25, 0.3) is 0 Å². The van der Waals surface area contributed by atoms with Crippen molar-refractivity contribution in [1.82, 2.24) is 15.0 Å². The van der Waals surface area contributed by atoms with Crippen LogP contribution in [0.3, 0.4) is 0 Å². The lowest BCUT2D eigenvalue weighted by molar-refractivity contribution is -0.293. The molecule has 36 heavy (non-hydrogen) atoms. The predicted octanol–water partition coefficient (Wildman–Crippen LogP) is -0.759. The normalized spacial score (nSPS) is 24.4. The smallest absolute Gasteiger partial charge is 0.186 e. The van der Waals surface area contributed by atoms with E-state index < -0.39 is 30.7 Å². The Morgan fingerprint density at radius 1 is 0.806 bits per heavy atom. The van der Waals surface area contributed by atoms with Crippen LogP contribution in [0.1, 0.15) is 38.3 Å². The van der Waals surface area contributed by atoms with E-state index in [0.29, 0.717) is 66.0 Å². The molecule has 0 bridgehead atoms. The van der Waals surface area contributed by atoms with Crippen LogP contribution in [0.4, 0.5) is 0 Å². The monoisotopic (exact) mass is 521 g/mol. The first-order valence-corrected chi connectivity index (χ1v) is 12.6. The molecule has 1 saturated heterocycles. The van der Waals surface area contributed by atoms with Gasteiger partial charge in [-0.3, -0.25) is 0 Å². The van der Waals surface area contributed by atoms with Crippen LogP contribution in [-0.2, 0) is 41.6 Å². The summed E-state index contributed by atoms with van der Waals surface area (Å²) in [5, 5.41) is 46.2. The van der Waals surface area contributed by atoms with E-state index >= 15 is 0 Å². The van der Waals surface area contributed by atoms with Gasteiger partial charge in [-0.05, 0) is 19.8 Å². The molecule has 13 heteroatoms. The fraction of sp³-hybridized carbons (Fsp3) is 0.913. The van der Waals surface area contributed by atoms with Gasteiger partial charge in [-0.2, -0.15) is 0 Å². The Bertz CT molecular complexity index is 668. The molecule has 0 aliphatic carbocycles. The summed E-state index contributed by atoms with van der Waals surface area (Å²) in [6, 6.07) is 0. The highest BCUT2D eigenvalue weighted by atomic mass is 16.7. The third kappa shape index (κ3) is 12.3. The summed E-state index contributed by atoms with van der Waals surface area (Å²) < 4.78 is 34.3. The van der Waals surface area contributed by atoms with Gasteiger partial charge in [0, 0.05) is 13.2 Å². The minimum absolute atomic E-state index is 0.0160. The fourth-order valence-electron chi connectivity index (χ4n) is 3.47. The van der Waals surface area contributed by atoms with E-state index in [0.717, 1.165) is 31.4 Å². The molecule has 0 saturated carbocycles. The van der Waals surface area contributed by atoms with Gasteiger partial charge in [-0.15, -0.1) is 5.10 Å². The van der Waals surface area contributed by atoms with Crippen LogP contribution in [0.5, 0.6) is 0 Å². The number of hydrogen-bond donors (Lipinski definition) is 4. The molecule has 1 aromatic rings. The van der Waals surface area contributed by atoms with Crippen molar-refractivity contribution in [3.05, 3.63) is 11.9 Å². The Morgan fingerprint density at radius 2 is 1.47 bits per heavy atom. The second kappa shape index (κ2) is 18.9. The number of unbranched alkanes of at least 4 members (excludes halogenated alkanes) is 3. The largest absolute Gasteiger partial charge is 0.394 e. The zero-order valence-corrected chi connectivity index (χ0v) is 21.2. The molecule has 0 aromatic carbocycles. The molecular weight excluding hydrogens is 478 g/mol. The lowest BCUT2D eigenvalue weighted by Crippen LogP contribution is -2.57. The number of aliphatic hydroxyl groups is 4. The standard InChI is InChI=1S/C23H43N3O10/c1-18-20(28)21(29)22(30)23(36-18)35-9-5-3-2-4-8-34-17-19-16-26(25-24-19)6-10-31-12-14-33-15-13-32-11-7-27/h16,18,20-23,27-30H,2-15,17H2,1H3. The summed E-state index contributed by atoms with van der Waals surface area (Å²) in [6.07, 6.45) is 0.270. The van der Waals surface area contributed by atoms with Crippen molar-refractivity contribution in [2.24, 2.45) is 0 Å². The Kier molecular flexibility index (Phi) is 16.3. The van der Waals surface area contributed by atoms with Gasteiger partial charge in [0.25, 0.3) is 0 Å². The highest BCUT2D eigenvalue weighted by Gasteiger charge is 2.42. The number of ether oxygens (including phenoxy) is 6. The minimum Gasteiger partial charge on any atom is -0.394 e. The Morgan fingerprint density at radius 3 is 2.19 bits per heavy atom. The number of rotatable bonds is 21. The van der Waals surface area contributed by atoms with E-state index in [1.54, 1.807) is 11.6 Å². The molecule has 2 heterocycles. The summed E-state index contributed by atoms with van der Waals surface area (Å²) in [5.41, 5.74) is 0.766. The zero-order valence-electron chi connectivity index (χ0n) is 21.2. The maximum Gasteiger partial charge on any atom is 0.186 e. The molecule has 1 aliphatic heterocycles. The summed E-state index contributed by atoms with van der Waals surface area (Å²) in [6.45, 7) is 6.40. The lowest BCUT2D eigenvalue weighted by Gasteiger charge is -2.38. The van der Waals surface area contributed by atoms with Gasteiger partial charge in [0.15, 0.2) is 6.29 Å². The third-order valence-corrected chi connectivity index (χ3v) is 5.55. The minimum atomic E-state index is -1.27. The van der Waals surface area contributed by atoms with E-state index in [4.69, 9.17) is 33.5 Å². The fourth-order valence-corrected chi connectivity index (χ4v) is 3.47. The quantitative estimate of drug-likeness (QED) is 0.150. The second-order valence-electron chi connectivity index (χ2n) is 8.55. The van der Waals surface area contributed by atoms with Gasteiger partial charge in [0.2, 0.25) is 0 Å². The topological polar surface area (TPSA) is 167 Å². The van der Waals surface area contributed by atoms with E-state index in [1.165, 1.54) is 0 Å². The van der Waals surface area contributed by atoms with E-state index in [-0.39, 0.29) is 6.61 Å². The first-order valence-electron chi connectivity index (χ1n) is 12.6. The highest BCUT2D eigenvalue weighted by Crippen LogP contribution is 2.22. The molecule has 210 valence electrons. The van der Waals surface area contributed by atoms with Crippen LogP contribution in [-0.4, -0.2) is 126 Å². The van der Waals surface area contributed by atoms with Gasteiger partial charge < -0.3 is 48.8 Å². The second-order valence-corrected chi connectivity index (χ2v) is 8.55. The Balaban J connectivity index is 1.39. The maximum atomic E-state index is 9.92. The van der Waals surface area contributed by atoms with Crippen LogP contribution in [0.15, 0.2) is 6.20 Å². The van der Waals surface area contributed by atoms with Crippen molar-refractivity contribution >= 4 is 0 Å². The van der Waals surface area contributed by atoms with Crippen LogP contribution in [0, 0.1) is 0 Å². The summed E-state index contributed by atoms with van der Waals surface area (Å²) >= 11 is 0. The van der Waals surface area contributed by atoms with Crippen LogP contribution in [0.2, 0.25) is 0 Å². The molecule has 1 fully saturated rings. The van der Waals surface area contributed by atoms with Gasteiger partial charge in [0.05, 0.1) is 71.7 Å². The molecule has 0 spiro atoms. The maximum absolute atomic E-state index is 9.92. The molecule has 1 aliphatic rings. The van der Waals surface area contributed by atoms with Gasteiger partial charge >= 0.3 is 0 Å². The van der Waals surface area contributed by atoms with Crippen molar-refractivity contribution in [1.29, 1.82) is 0 Å². The summed E-state index contributed by atoms with van der Waals surface area (Å²) in [4.78, 5) is 0. The molecule has 0 radical (unpaired) electrons. The number of aliphatic hydroxyl groups excluding tert-OH is 4. The van der Waals surface area contributed by atoms with Gasteiger partial charge in [-0.1, -0.05) is 18.1 Å². The number of hydrogen-bond acceptors (Lipinski definition) is 12. The van der Waals surface area contributed by atoms with Crippen molar-refractivity contribution < 1.29 is 48.8 Å². The van der Waals surface area contributed by atoms with E-state index in [9.17, 15) is 15.3 Å². The molecule has 0 amide bonds. The van der Waals surface area contributed by atoms with Crippen molar-refractivity contribution in [2.75, 3.05) is 59.5 Å². The summed E-state index contributed by atoms with van der Waals surface area (Å²) in [7, 11) is 0. The average Bonchev–Trinajstić information content (AvgIpc) is 3.33.